The molecule has 0 heterocycles. The first-order chi connectivity index (χ1) is 13.8. The number of hydrogen-bond acceptors (Lipinski definition) is 6. The maximum Gasteiger partial charge on any atom is 0.342 e. The Balaban J connectivity index is 1.97. The molecular weight excluding hydrogens is 374 g/mol. The van der Waals surface area contributed by atoms with E-state index < -0.39 is 12.6 Å². The summed E-state index contributed by atoms with van der Waals surface area (Å²) in [6, 6.07) is 11.2. The molecule has 1 N–H and O–H groups in total. The van der Waals surface area contributed by atoms with E-state index in [9.17, 15) is 14.4 Å². The highest BCUT2D eigenvalue weighted by Crippen LogP contribution is 2.31. The molecule has 7 heteroatoms. The number of amides is 1. The maximum atomic E-state index is 12.3. The molecule has 0 fully saturated rings. The van der Waals surface area contributed by atoms with Gasteiger partial charge in [-0.1, -0.05) is 19.9 Å². The Morgan fingerprint density at radius 3 is 2.24 bits per heavy atom. The molecule has 0 aromatic heterocycles. The van der Waals surface area contributed by atoms with Crippen LogP contribution in [0, 0.1) is 5.92 Å². The predicted octanol–water partition coefficient (Wildman–Crippen LogP) is 3.73. The molecule has 0 saturated carbocycles. The van der Waals surface area contributed by atoms with Crippen LogP contribution in [0.1, 0.15) is 41.0 Å². The number of Topliss-reactive ketones (excluding diaryl/α,β-unsaturated/α-hetero) is 1. The number of rotatable bonds is 9. The van der Waals surface area contributed by atoms with E-state index in [2.05, 4.69) is 5.32 Å². The zero-order valence-electron chi connectivity index (χ0n) is 17.0. The van der Waals surface area contributed by atoms with Crippen LogP contribution in [0.15, 0.2) is 42.5 Å². The summed E-state index contributed by atoms with van der Waals surface area (Å²) in [5, 5.41) is 2.77. The number of methoxy groups -OCH3 is 2. The number of esters is 1. The van der Waals surface area contributed by atoms with Crippen LogP contribution in [0.4, 0.5) is 5.69 Å². The van der Waals surface area contributed by atoms with Gasteiger partial charge in [0.25, 0.3) is 0 Å². The topological polar surface area (TPSA) is 90.9 Å². The molecule has 0 aliphatic heterocycles. The summed E-state index contributed by atoms with van der Waals surface area (Å²) in [7, 11) is 2.88. The molecule has 29 heavy (non-hydrogen) atoms. The predicted molar refractivity (Wildman–Crippen MR) is 109 cm³/mol. The molecule has 0 aliphatic rings. The first-order valence-electron chi connectivity index (χ1n) is 9.17. The summed E-state index contributed by atoms with van der Waals surface area (Å²) in [4.78, 5) is 36.4. The summed E-state index contributed by atoms with van der Waals surface area (Å²) < 4.78 is 15.5. The molecule has 0 unspecified atom stereocenters. The van der Waals surface area contributed by atoms with Crippen molar-refractivity contribution in [3.05, 3.63) is 53.6 Å². The van der Waals surface area contributed by atoms with E-state index in [1.807, 2.05) is 13.8 Å². The van der Waals surface area contributed by atoms with Gasteiger partial charge in [-0.25, -0.2) is 4.79 Å². The number of carbonyl (C=O) groups is 3. The third kappa shape index (κ3) is 6.07. The second-order valence-corrected chi connectivity index (χ2v) is 6.76. The lowest BCUT2D eigenvalue weighted by molar-refractivity contribution is -0.116. The van der Waals surface area contributed by atoms with E-state index in [1.54, 1.807) is 36.4 Å². The van der Waals surface area contributed by atoms with Crippen LogP contribution in [0.3, 0.4) is 0 Å². The first kappa shape index (κ1) is 21.9. The number of carbonyl (C=O) groups excluding carboxylic acids is 3. The fourth-order valence-electron chi connectivity index (χ4n) is 2.66. The fourth-order valence-corrected chi connectivity index (χ4v) is 2.66. The highest BCUT2D eigenvalue weighted by atomic mass is 16.5. The average molecular weight is 399 g/mol. The highest BCUT2D eigenvalue weighted by Gasteiger charge is 2.19. The molecule has 2 aromatic carbocycles. The van der Waals surface area contributed by atoms with Crippen molar-refractivity contribution in [1.29, 1.82) is 0 Å². The van der Waals surface area contributed by atoms with Gasteiger partial charge in [0.2, 0.25) is 5.91 Å². The van der Waals surface area contributed by atoms with Gasteiger partial charge in [-0.2, -0.15) is 0 Å². The van der Waals surface area contributed by atoms with E-state index in [0.29, 0.717) is 23.4 Å². The largest absolute Gasteiger partial charge is 0.493 e. The monoisotopic (exact) mass is 399 g/mol. The highest BCUT2D eigenvalue weighted by molar-refractivity contribution is 6.00. The van der Waals surface area contributed by atoms with Crippen LogP contribution in [-0.2, 0) is 9.53 Å². The second-order valence-electron chi connectivity index (χ2n) is 6.76. The van der Waals surface area contributed by atoms with Gasteiger partial charge in [0.15, 0.2) is 23.9 Å². The number of ketones is 1. The Bertz CT molecular complexity index is 873. The number of hydrogen-bond donors (Lipinski definition) is 1. The molecule has 0 aliphatic carbocycles. The number of anilines is 1. The Morgan fingerprint density at radius 2 is 1.66 bits per heavy atom. The van der Waals surface area contributed by atoms with Gasteiger partial charge in [-0.15, -0.1) is 0 Å². The Hall–Kier alpha value is -3.35. The summed E-state index contributed by atoms with van der Waals surface area (Å²) in [6.45, 7) is 3.51. The van der Waals surface area contributed by atoms with Gasteiger partial charge in [0.05, 0.1) is 14.2 Å². The Kier molecular flexibility index (Phi) is 7.77. The molecule has 1 amide bonds. The molecule has 2 rings (SSSR count). The van der Waals surface area contributed by atoms with Gasteiger partial charge < -0.3 is 19.5 Å². The minimum Gasteiger partial charge on any atom is -0.493 e. The van der Waals surface area contributed by atoms with Crippen molar-refractivity contribution >= 4 is 23.3 Å². The number of benzene rings is 2. The summed E-state index contributed by atoms with van der Waals surface area (Å²) >= 11 is 0. The number of ether oxygens (including phenoxy) is 3. The normalized spacial score (nSPS) is 10.4. The van der Waals surface area contributed by atoms with Gasteiger partial charge in [-0.3, -0.25) is 9.59 Å². The van der Waals surface area contributed by atoms with Gasteiger partial charge in [-0.05, 0) is 42.3 Å². The van der Waals surface area contributed by atoms with E-state index in [1.165, 1.54) is 20.3 Å². The molecule has 0 spiro atoms. The zero-order valence-corrected chi connectivity index (χ0v) is 17.0. The molecule has 2 aromatic rings. The molecule has 154 valence electrons. The van der Waals surface area contributed by atoms with Crippen LogP contribution in [0.5, 0.6) is 11.5 Å². The maximum absolute atomic E-state index is 12.3. The molecule has 0 saturated heterocycles. The van der Waals surface area contributed by atoms with Crippen LogP contribution < -0.4 is 14.8 Å². The fraction of sp³-hybridized carbons (Fsp3) is 0.318. The standard InChI is InChI=1S/C22H25NO6/c1-14(2)12-20(25)23-16-10-8-15(9-11-16)18(24)13-29-22(26)17-6-5-7-19(27-3)21(17)28-4/h5-11,14H,12-13H2,1-4H3,(H,23,25). The number of nitrogens with one attached hydrogen (secondary N) is 1. The van der Waals surface area contributed by atoms with Crippen LogP contribution in [0.2, 0.25) is 0 Å². The van der Waals surface area contributed by atoms with E-state index in [-0.39, 0.29) is 28.9 Å². The lowest BCUT2D eigenvalue weighted by Crippen LogP contribution is -2.16. The molecule has 0 bridgehead atoms. The van der Waals surface area contributed by atoms with E-state index in [0.717, 1.165) is 0 Å². The SMILES string of the molecule is COc1cccc(C(=O)OCC(=O)c2ccc(NC(=O)CC(C)C)cc2)c1OC. The summed E-state index contributed by atoms with van der Waals surface area (Å²) in [5.41, 5.74) is 1.14. The minimum atomic E-state index is -0.688. The molecule has 0 radical (unpaired) electrons. The van der Waals surface area contributed by atoms with Gasteiger partial charge in [0.1, 0.15) is 5.56 Å². The second kappa shape index (κ2) is 10.3. The van der Waals surface area contributed by atoms with Crippen molar-refractivity contribution < 1.29 is 28.6 Å². The molecule has 7 nitrogen and oxygen atoms in total. The quantitative estimate of drug-likeness (QED) is 0.510. The van der Waals surface area contributed by atoms with Crippen molar-refractivity contribution in [2.24, 2.45) is 5.92 Å². The summed E-state index contributed by atoms with van der Waals surface area (Å²) in [6.07, 6.45) is 0.421. The zero-order chi connectivity index (χ0) is 21.4. The van der Waals surface area contributed by atoms with Crippen LogP contribution in [-0.4, -0.2) is 38.5 Å². The molecule has 0 atom stereocenters. The first-order valence-corrected chi connectivity index (χ1v) is 9.17. The minimum absolute atomic E-state index is 0.0831. The van der Waals surface area contributed by atoms with Gasteiger partial charge >= 0.3 is 5.97 Å². The van der Waals surface area contributed by atoms with Crippen molar-refractivity contribution in [1.82, 2.24) is 0 Å². The lowest BCUT2D eigenvalue weighted by Gasteiger charge is -2.12. The lowest BCUT2D eigenvalue weighted by atomic mass is 10.1. The van der Waals surface area contributed by atoms with Gasteiger partial charge in [0, 0.05) is 17.7 Å². The van der Waals surface area contributed by atoms with Crippen molar-refractivity contribution in [3.8, 4) is 11.5 Å². The molecular formula is C22H25NO6. The number of para-hydroxylation sites is 1. The van der Waals surface area contributed by atoms with E-state index in [4.69, 9.17) is 14.2 Å². The van der Waals surface area contributed by atoms with Crippen molar-refractivity contribution in [2.45, 2.75) is 20.3 Å². The third-order valence-electron chi connectivity index (χ3n) is 4.04. The Morgan fingerprint density at radius 1 is 0.966 bits per heavy atom. The van der Waals surface area contributed by atoms with Crippen molar-refractivity contribution in [2.75, 3.05) is 26.1 Å². The van der Waals surface area contributed by atoms with Crippen LogP contribution in [0.25, 0.3) is 0 Å². The average Bonchev–Trinajstić information content (AvgIpc) is 2.70. The Labute approximate surface area is 170 Å². The van der Waals surface area contributed by atoms with Crippen molar-refractivity contribution in [3.63, 3.8) is 0 Å². The summed E-state index contributed by atoms with van der Waals surface area (Å²) in [5.74, 6) is -0.238. The smallest absolute Gasteiger partial charge is 0.342 e. The third-order valence-corrected chi connectivity index (χ3v) is 4.04. The van der Waals surface area contributed by atoms with E-state index >= 15 is 0 Å². The van der Waals surface area contributed by atoms with Crippen LogP contribution >= 0.6 is 0 Å².